The number of fused-ring (bicyclic) bond motifs is 10. The van der Waals surface area contributed by atoms with Gasteiger partial charge in [-0.2, -0.15) is 0 Å². The smallest absolute Gasteiger partial charge is 0.408 e. The van der Waals surface area contributed by atoms with E-state index in [0.29, 0.717) is 98.4 Å². The highest BCUT2D eigenvalue weighted by Crippen LogP contribution is 2.49. The fourth-order valence-corrected chi connectivity index (χ4v) is 21.4. The number of carboxylic acids is 1. The lowest BCUT2D eigenvalue weighted by Gasteiger charge is -2.30. The highest BCUT2D eigenvalue weighted by molar-refractivity contribution is 6.01. The molecule has 147 heavy (non-hydrogen) atoms. The van der Waals surface area contributed by atoms with Crippen LogP contribution in [0.5, 0.6) is 23.0 Å². The van der Waals surface area contributed by atoms with E-state index in [2.05, 4.69) is 70.7 Å². The standard InChI is InChI=1S/C41H46N4O6.C39H44N4O8.C37H42N4O4/c1-4-6-14-33-39(48)45-24-30(21-35(45)38(47)44-41(25(3)46)23-29(41)5-2)50-37-22-34(27-11-8-7-9-12-27)42-32-19-17-26(20-31(32)37)16-18-28-13-10-15-36(28)51-40(49)43-33;1-4-6-16-29-36(45)43-23-27(19-32(43)35(44)42-39(37(46)47)22-26(39)5-2)51-34-20-30(24-13-9-7-10-14-24)40-31-21-33(49-3)25(18-28(31)34)15-11-8-12-17-50-38(48)41-29;1-4-6-15-30-36(44)41-23-27(20-32(41)35(43)40-37(3)22-26(37)5-2)45-33-21-31(25-13-8-7-9-14-25)38-29-18-17-24(19-28(29)33)12-10-11-16-34(42)39-30/h5,7-9,11-12,16-20,22,28-30,33,35-36H,2,4,6,10,13-15,21,23-24H2,1,3H3,(H,43,49)(H,44,47);5,7,9-11,13-15,18,20-21,26-27,29,32H,2,4,6,8,12,16-17,19,22-23H2,1,3H3,(H,41,48)(H,42,44)(H,46,47);5,7-10,12-14,17-19,21,26-27,30,32H,2,4,6,11,15-16,20,22-23H2,1,3H3,(H,39,42)(H,40,43)/b18-16-;15-11+;12-10+/t28-,29-,30-,33+,35+,36+,41+;26-,27-,29+,32+,39-;26-,27-,30+,32+,37-/m111/s1. The molecular formula is C117H132N12O18. The van der Waals surface area contributed by atoms with Crippen LogP contribution in [0, 0.1) is 23.7 Å². The SMILES string of the molecule is C=C[C@@H]1C[C@@]1(C)NC(=O)[C@@H]1C[C@@H]2CN1C(=O)[C@H](CCCC)NC(=O)CC/C=C/c1ccc3nc(-c4ccccc4)cc(c3c1)O2.C=C[C@@H]1C[C@]1(NC(=O)[C@@H]1C[C@@H]2CN1C(=O)[C@H](CCCC)NC(=O)OCCC/C=C/c1cc3c(cc(-c4ccccc4)nc3cc1OC)O2)C(=O)O.C=C[C@@H]1C[C@]1(NC(=O)[C@@H]1C[C@@H]2CN1C(=O)[C@H](CCCC)NC(=O)O[C@H]1CCC[C@@H]1/C=C\c1ccc3nc(-c4ccccc4)cc(c3c1)O2)C(C)=O. The van der Waals surface area contributed by atoms with Gasteiger partial charge in [0.15, 0.2) is 5.78 Å². The number of alkyl carbamates (subject to hydrolysis) is 2. The summed E-state index contributed by atoms with van der Waals surface area (Å²) >= 11 is 0. The number of nitrogens with zero attached hydrogens (tertiary/aromatic N) is 6. The van der Waals surface area contributed by atoms with Gasteiger partial charge in [-0.15, -0.1) is 19.7 Å². The average molecular weight is 1990 g/mol. The monoisotopic (exact) mass is 1990 g/mol. The van der Waals surface area contributed by atoms with E-state index in [1.165, 1.54) is 22.8 Å². The molecule has 7 N–H and O–H groups in total. The van der Waals surface area contributed by atoms with Crippen molar-refractivity contribution in [1.82, 2.24) is 61.6 Å². The highest BCUT2D eigenvalue weighted by atomic mass is 16.6. The average Bonchev–Trinajstić information content (AvgIpc) is 1.59. The summed E-state index contributed by atoms with van der Waals surface area (Å²) in [6, 6.07) is 45.9. The number of ketones is 1. The van der Waals surface area contributed by atoms with Crippen LogP contribution >= 0.6 is 0 Å². The Kier molecular flexibility index (Phi) is 32.3. The third-order valence-corrected chi connectivity index (χ3v) is 30.2. The van der Waals surface area contributed by atoms with Gasteiger partial charge in [-0.25, -0.2) is 29.3 Å². The van der Waals surface area contributed by atoms with Crippen molar-refractivity contribution in [3.05, 3.63) is 231 Å². The van der Waals surface area contributed by atoms with Crippen molar-refractivity contribution >= 4 is 116 Å². The summed E-state index contributed by atoms with van der Waals surface area (Å²) in [5.74, 6) is -1.78. The summed E-state index contributed by atoms with van der Waals surface area (Å²) < 4.78 is 37.4. The fraction of sp³-hybridized carbons (Fsp3) is 0.419. The van der Waals surface area contributed by atoms with Crippen molar-refractivity contribution in [2.24, 2.45) is 23.7 Å². The van der Waals surface area contributed by atoms with E-state index in [-0.39, 0.29) is 111 Å². The largest absolute Gasteiger partial charge is 0.496 e. The molecule has 30 nitrogen and oxygen atoms in total. The lowest BCUT2D eigenvalue weighted by Crippen LogP contribution is -2.56. The van der Waals surface area contributed by atoms with E-state index in [1.807, 2.05) is 209 Å². The molecule has 12 bridgehead atoms. The van der Waals surface area contributed by atoms with E-state index in [9.17, 15) is 57.8 Å². The first kappa shape index (κ1) is 104. The zero-order valence-electron chi connectivity index (χ0n) is 84.4. The zero-order valence-corrected chi connectivity index (χ0v) is 84.4. The van der Waals surface area contributed by atoms with E-state index in [4.69, 9.17) is 43.4 Å². The molecule has 10 aliphatic rings. The molecule has 4 aliphatic carbocycles. The quantitative estimate of drug-likeness (QED) is 0.0276. The van der Waals surface area contributed by atoms with Crippen LogP contribution < -0.4 is 50.8 Å². The minimum Gasteiger partial charge on any atom is -0.496 e. The number of unbranched alkanes of at least 4 members (excludes halogenated alkanes) is 3. The summed E-state index contributed by atoms with van der Waals surface area (Å²) in [6.07, 6.45) is 26.3. The number of Topliss-reactive ketones (excluding diaryl/α,β-unsaturated/α-hetero) is 1. The van der Waals surface area contributed by atoms with E-state index >= 15 is 0 Å². The van der Waals surface area contributed by atoms with Crippen molar-refractivity contribution in [2.75, 3.05) is 33.4 Å². The molecule has 6 aromatic carbocycles. The minimum absolute atomic E-state index is 0.0225. The maximum Gasteiger partial charge on any atom is 0.408 e. The summed E-state index contributed by atoms with van der Waals surface area (Å²) in [7, 11) is 1.60. The van der Waals surface area contributed by atoms with Gasteiger partial charge in [-0.1, -0.05) is 217 Å². The first-order valence-corrected chi connectivity index (χ1v) is 51.9. The molecule has 9 heterocycles. The number of benzene rings is 6. The minimum atomic E-state index is -1.49. The Morgan fingerprint density at radius 2 is 0.946 bits per heavy atom. The fourth-order valence-electron chi connectivity index (χ4n) is 21.4. The second kappa shape index (κ2) is 45.8. The van der Waals surface area contributed by atoms with Crippen LogP contribution in [0.2, 0.25) is 0 Å². The van der Waals surface area contributed by atoms with Gasteiger partial charge in [0.1, 0.15) is 94.7 Å². The molecule has 9 aromatic rings. The van der Waals surface area contributed by atoms with Crippen LogP contribution in [-0.2, 0) is 52.6 Å². The topological polar surface area (TPSA) is 384 Å². The highest BCUT2D eigenvalue weighted by Gasteiger charge is 2.62. The van der Waals surface area contributed by atoms with Crippen molar-refractivity contribution in [3.8, 4) is 56.8 Å². The van der Waals surface area contributed by atoms with E-state index < -0.39 is 107 Å². The van der Waals surface area contributed by atoms with Crippen molar-refractivity contribution in [3.63, 3.8) is 0 Å². The molecule has 0 radical (unpaired) electrons. The Morgan fingerprint density at radius 1 is 0.497 bits per heavy atom. The van der Waals surface area contributed by atoms with Crippen LogP contribution in [0.1, 0.15) is 193 Å². The number of carboxylic acid groups (broad SMARTS) is 1. The van der Waals surface area contributed by atoms with Gasteiger partial charge in [-0.05, 0) is 132 Å². The molecule has 3 saturated heterocycles. The van der Waals surface area contributed by atoms with Gasteiger partial charge in [-0.3, -0.25) is 38.4 Å². The normalized spacial score (nSPS) is 27.3. The van der Waals surface area contributed by atoms with Crippen LogP contribution in [0.15, 0.2) is 214 Å². The number of cyclic esters (lactones) is 1. The van der Waals surface area contributed by atoms with Crippen LogP contribution in [0.25, 0.3) is 84.7 Å². The number of rotatable bonds is 24. The predicted octanol–water partition coefficient (Wildman–Crippen LogP) is 17.7. The van der Waals surface area contributed by atoms with Crippen LogP contribution in [-0.4, -0.2) is 211 Å². The summed E-state index contributed by atoms with van der Waals surface area (Å²) in [6.45, 7) is 21.5. The maximum absolute atomic E-state index is 14.5. The van der Waals surface area contributed by atoms with Crippen LogP contribution in [0.3, 0.4) is 0 Å². The van der Waals surface area contributed by atoms with Gasteiger partial charge in [0.05, 0.1) is 67.0 Å². The summed E-state index contributed by atoms with van der Waals surface area (Å²) in [5, 5.41) is 29.9. The number of allylic oxidation sites excluding steroid dienone is 2. The van der Waals surface area contributed by atoms with Gasteiger partial charge >= 0.3 is 18.2 Å². The van der Waals surface area contributed by atoms with Crippen molar-refractivity contribution < 1.29 is 86.3 Å². The molecule has 9 amide bonds. The van der Waals surface area contributed by atoms with Crippen molar-refractivity contribution in [1.29, 1.82) is 0 Å². The molecule has 19 rings (SSSR count). The van der Waals surface area contributed by atoms with E-state index in [0.717, 1.165) is 123 Å². The lowest BCUT2D eigenvalue weighted by atomic mass is 10.0. The lowest BCUT2D eigenvalue weighted by molar-refractivity contribution is -0.145. The molecule has 30 heteroatoms. The second-order valence-corrected chi connectivity index (χ2v) is 40.5. The second-order valence-electron chi connectivity index (χ2n) is 40.5. The Bertz CT molecular complexity index is 6590. The van der Waals surface area contributed by atoms with Gasteiger partial charge < -0.3 is 80.1 Å². The van der Waals surface area contributed by atoms with Crippen molar-refractivity contribution in [2.45, 2.75) is 253 Å². The number of hydrogen-bond acceptors (Lipinski definition) is 20. The number of hydrogen-bond donors (Lipinski definition) is 7. The number of ether oxygens (including phenoxy) is 6. The number of aliphatic carboxylic acids is 1. The first-order valence-electron chi connectivity index (χ1n) is 51.9. The molecule has 0 spiro atoms. The molecule has 17 atom stereocenters. The predicted molar refractivity (Wildman–Crippen MR) is 562 cm³/mol. The molecule has 3 aromatic heterocycles. The Labute approximate surface area is 856 Å². The number of nitrogens with one attached hydrogen (secondary N) is 6. The molecule has 768 valence electrons. The number of pyridine rings is 3. The van der Waals surface area contributed by atoms with Gasteiger partial charge in [0, 0.05) is 118 Å². The van der Waals surface area contributed by atoms with Gasteiger partial charge in [0.2, 0.25) is 41.4 Å². The Hall–Kier alpha value is -14.8. The number of methoxy groups -OCH3 is 1. The molecule has 7 fully saturated rings. The molecule has 0 unspecified atom stereocenters. The summed E-state index contributed by atoms with van der Waals surface area (Å²) in [5.41, 5.74) is 7.00. The Balaban J connectivity index is 0.000000151. The first-order chi connectivity index (χ1) is 71.1. The molecule has 4 saturated carbocycles. The molecular weight excluding hydrogens is 1860 g/mol. The number of carbonyl (C=O) groups is 11. The maximum atomic E-state index is 14.5. The molecule has 6 aliphatic heterocycles. The Morgan fingerprint density at radius 3 is 1.41 bits per heavy atom. The third kappa shape index (κ3) is 23.7. The number of aromatic nitrogens is 3. The third-order valence-electron chi connectivity index (χ3n) is 30.2. The summed E-state index contributed by atoms with van der Waals surface area (Å²) in [4.78, 5) is 169. The van der Waals surface area contributed by atoms with Gasteiger partial charge in [0.25, 0.3) is 0 Å². The van der Waals surface area contributed by atoms with Crippen LogP contribution in [0.4, 0.5) is 9.59 Å². The van der Waals surface area contributed by atoms with E-state index in [1.54, 1.807) is 18.1 Å². The number of carbonyl (C=O) groups excluding carboxylic acids is 10. The zero-order chi connectivity index (χ0) is 103. The number of amides is 9.